The third-order valence-electron chi connectivity index (χ3n) is 5.65. The van der Waals surface area contributed by atoms with Crippen molar-refractivity contribution in [3.05, 3.63) is 21.8 Å². The Bertz CT molecular complexity index is 922. The van der Waals surface area contributed by atoms with Crippen molar-refractivity contribution in [3.8, 4) is 6.07 Å². The SMILES string of the molecule is CCC1CCc2c(sc(NC(=O)CSc3nnc(C4CC4)n3CC)c2C#N)C1. The quantitative estimate of drug-likeness (QED) is 0.680. The number of hydrogen-bond acceptors (Lipinski definition) is 6. The molecular weight excluding hydrogens is 390 g/mol. The van der Waals surface area contributed by atoms with E-state index in [9.17, 15) is 10.1 Å². The molecule has 4 rings (SSSR count). The van der Waals surface area contributed by atoms with Gasteiger partial charge in [-0.3, -0.25) is 4.79 Å². The summed E-state index contributed by atoms with van der Waals surface area (Å²) >= 11 is 3.00. The monoisotopic (exact) mass is 415 g/mol. The average molecular weight is 416 g/mol. The van der Waals surface area contributed by atoms with Crippen LogP contribution in [0.25, 0.3) is 0 Å². The van der Waals surface area contributed by atoms with Gasteiger partial charge in [-0.1, -0.05) is 25.1 Å². The lowest BCUT2D eigenvalue weighted by Crippen LogP contribution is -2.15. The number of thiophene rings is 1. The summed E-state index contributed by atoms with van der Waals surface area (Å²) < 4.78 is 2.12. The lowest BCUT2D eigenvalue weighted by atomic mass is 9.86. The Kier molecular flexibility index (Phi) is 5.74. The molecule has 2 aromatic rings. The number of carbonyl (C=O) groups excluding carboxylic acids is 1. The van der Waals surface area contributed by atoms with Crippen molar-refractivity contribution in [2.45, 2.75) is 70.0 Å². The highest BCUT2D eigenvalue weighted by Gasteiger charge is 2.30. The number of nitrogens with zero attached hydrogens (tertiary/aromatic N) is 4. The minimum atomic E-state index is -0.0919. The Hall–Kier alpha value is -1.85. The van der Waals surface area contributed by atoms with Crippen molar-refractivity contribution in [1.29, 1.82) is 5.26 Å². The zero-order chi connectivity index (χ0) is 19.7. The van der Waals surface area contributed by atoms with E-state index in [1.807, 2.05) is 0 Å². The van der Waals surface area contributed by atoms with Crippen LogP contribution in [0.5, 0.6) is 0 Å². The number of rotatable bonds is 7. The molecule has 2 heterocycles. The molecule has 1 amide bonds. The summed E-state index contributed by atoms with van der Waals surface area (Å²) in [5, 5.41) is 22.7. The third-order valence-corrected chi connectivity index (χ3v) is 7.78. The van der Waals surface area contributed by atoms with Gasteiger partial charge in [0.2, 0.25) is 5.91 Å². The first-order valence-corrected chi connectivity index (χ1v) is 11.8. The molecule has 0 aliphatic heterocycles. The number of nitriles is 1. The minimum Gasteiger partial charge on any atom is -0.316 e. The molecule has 2 aliphatic carbocycles. The van der Waals surface area contributed by atoms with Crippen LogP contribution in [0, 0.1) is 17.2 Å². The van der Waals surface area contributed by atoms with E-state index < -0.39 is 0 Å². The molecular formula is C20H25N5OS2. The molecule has 28 heavy (non-hydrogen) atoms. The van der Waals surface area contributed by atoms with Crippen LogP contribution >= 0.6 is 23.1 Å². The lowest BCUT2D eigenvalue weighted by molar-refractivity contribution is -0.113. The van der Waals surface area contributed by atoms with Crippen molar-refractivity contribution in [2.75, 3.05) is 11.1 Å². The van der Waals surface area contributed by atoms with Crippen LogP contribution in [0.15, 0.2) is 5.16 Å². The highest BCUT2D eigenvalue weighted by Crippen LogP contribution is 2.41. The van der Waals surface area contributed by atoms with E-state index in [0.29, 0.717) is 22.4 Å². The van der Waals surface area contributed by atoms with Crippen LogP contribution in [-0.2, 0) is 24.2 Å². The summed E-state index contributed by atoms with van der Waals surface area (Å²) in [6, 6.07) is 2.32. The molecule has 1 atom stereocenters. The number of fused-ring (bicyclic) bond motifs is 1. The van der Waals surface area contributed by atoms with Crippen LogP contribution < -0.4 is 5.32 Å². The fourth-order valence-corrected chi connectivity index (χ4v) is 5.99. The van der Waals surface area contributed by atoms with Crippen LogP contribution in [0.4, 0.5) is 5.00 Å². The van der Waals surface area contributed by atoms with Crippen molar-refractivity contribution in [1.82, 2.24) is 14.8 Å². The van der Waals surface area contributed by atoms with Crippen LogP contribution in [-0.4, -0.2) is 26.4 Å². The van der Waals surface area contributed by atoms with Gasteiger partial charge in [0.25, 0.3) is 0 Å². The van der Waals surface area contributed by atoms with E-state index in [1.54, 1.807) is 11.3 Å². The average Bonchev–Trinajstić information content (AvgIpc) is 3.37. The summed E-state index contributed by atoms with van der Waals surface area (Å²) in [6.07, 6.45) is 6.64. The van der Waals surface area contributed by atoms with Crippen molar-refractivity contribution in [2.24, 2.45) is 5.92 Å². The summed E-state index contributed by atoms with van der Waals surface area (Å²) in [5.74, 6) is 2.46. The largest absolute Gasteiger partial charge is 0.316 e. The number of amides is 1. The third kappa shape index (κ3) is 3.83. The van der Waals surface area contributed by atoms with E-state index in [4.69, 9.17) is 0 Å². The van der Waals surface area contributed by atoms with Gasteiger partial charge in [-0.05, 0) is 50.5 Å². The molecule has 2 aliphatic rings. The fraction of sp³-hybridized carbons (Fsp3) is 0.600. The molecule has 0 saturated heterocycles. The maximum absolute atomic E-state index is 12.5. The molecule has 0 spiro atoms. The maximum atomic E-state index is 12.5. The van der Waals surface area contributed by atoms with Gasteiger partial charge in [-0.15, -0.1) is 21.5 Å². The van der Waals surface area contributed by atoms with Gasteiger partial charge in [0.05, 0.1) is 11.3 Å². The second-order valence-corrected chi connectivity index (χ2v) is 9.58. The molecule has 1 fully saturated rings. The highest BCUT2D eigenvalue weighted by atomic mass is 32.2. The summed E-state index contributed by atoms with van der Waals surface area (Å²) in [4.78, 5) is 13.8. The Balaban J connectivity index is 1.42. The number of anilines is 1. The number of carbonyl (C=O) groups is 1. The van der Waals surface area contributed by atoms with E-state index in [1.165, 1.54) is 35.9 Å². The molecule has 148 valence electrons. The Labute approximate surface area is 173 Å². The first-order valence-electron chi connectivity index (χ1n) is 10.0. The second-order valence-electron chi connectivity index (χ2n) is 7.53. The molecule has 1 unspecified atom stereocenters. The second kappa shape index (κ2) is 8.26. The number of thioether (sulfide) groups is 1. The predicted molar refractivity (Wildman–Crippen MR) is 112 cm³/mol. The predicted octanol–water partition coefficient (Wildman–Crippen LogP) is 4.35. The lowest BCUT2D eigenvalue weighted by Gasteiger charge is -2.20. The summed E-state index contributed by atoms with van der Waals surface area (Å²) in [6.45, 7) is 5.12. The normalized spacial score (nSPS) is 18.5. The van der Waals surface area contributed by atoms with Crippen molar-refractivity contribution >= 4 is 34.0 Å². The Morgan fingerprint density at radius 2 is 2.18 bits per heavy atom. The fourth-order valence-electron chi connectivity index (χ4n) is 3.85. The summed E-state index contributed by atoms with van der Waals surface area (Å²) in [7, 11) is 0. The van der Waals surface area contributed by atoms with E-state index in [-0.39, 0.29) is 11.7 Å². The molecule has 1 saturated carbocycles. The Morgan fingerprint density at radius 3 is 2.86 bits per heavy atom. The standard InChI is InChI=1S/C20H25N5OS2/c1-3-12-5-8-14-15(10-21)19(28-16(14)9-12)22-17(26)11-27-20-24-23-18(13-6-7-13)25(20)4-2/h12-13H,3-9,11H2,1-2H3,(H,22,26). The van der Waals surface area contributed by atoms with Crippen LogP contribution in [0.1, 0.15) is 67.3 Å². The topological polar surface area (TPSA) is 83.6 Å². The van der Waals surface area contributed by atoms with E-state index in [2.05, 4.69) is 40.0 Å². The van der Waals surface area contributed by atoms with Gasteiger partial charge < -0.3 is 9.88 Å². The molecule has 2 aromatic heterocycles. The van der Waals surface area contributed by atoms with Gasteiger partial charge in [0, 0.05) is 17.3 Å². The van der Waals surface area contributed by atoms with E-state index >= 15 is 0 Å². The summed E-state index contributed by atoms with van der Waals surface area (Å²) in [5.41, 5.74) is 1.82. The van der Waals surface area contributed by atoms with Crippen molar-refractivity contribution < 1.29 is 4.79 Å². The highest BCUT2D eigenvalue weighted by molar-refractivity contribution is 7.99. The van der Waals surface area contributed by atoms with Gasteiger partial charge in [0.15, 0.2) is 5.16 Å². The molecule has 0 radical (unpaired) electrons. The number of aromatic nitrogens is 3. The van der Waals surface area contributed by atoms with Crippen LogP contribution in [0.3, 0.4) is 0 Å². The smallest absolute Gasteiger partial charge is 0.235 e. The van der Waals surface area contributed by atoms with Gasteiger partial charge >= 0.3 is 0 Å². The van der Waals surface area contributed by atoms with E-state index in [0.717, 1.165) is 42.4 Å². The zero-order valence-corrected chi connectivity index (χ0v) is 18.0. The van der Waals surface area contributed by atoms with Crippen molar-refractivity contribution in [3.63, 3.8) is 0 Å². The maximum Gasteiger partial charge on any atom is 0.235 e. The van der Waals surface area contributed by atoms with Gasteiger partial charge in [-0.25, -0.2) is 0 Å². The molecule has 1 N–H and O–H groups in total. The molecule has 0 aromatic carbocycles. The first kappa shape index (κ1) is 19.5. The van der Waals surface area contributed by atoms with Gasteiger partial charge in [0.1, 0.15) is 16.9 Å². The molecule has 6 nitrogen and oxygen atoms in total. The first-order chi connectivity index (χ1) is 13.6. The Morgan fingerprint density at radius 1 is 1.36 bits per heavy atom. The van der Waals surface area contributed by atoms with Gasteiger partial charge in [-0.2, -0.15) is 5.26 Å². The zero-order valence-electron chi connectivity index (χ0n) is 16.3. The number of hydrogen-bond donors (Lipinski definition) is 1. The van der Waals surface area contributed by atoms with Crippen LogP contribution in [0.2, 0.25) is 0 Å². The minimum absolute atomic E-state index is 0.0919. The molecule has 0 bridgehead atoms. The number of nitrogens with one attached hydrogen (secondary N) is 1. The molecule has 8 heteroatoms.